The summed E-state index contributed by atoms with van der Waals surface area (Å²) in [6.07, 6.45) is 4.30. The van der Waals surface area contributed by atoms with Crippen LogP contribution in [0.5, 0.6) is 5.75 Å². The van der Waals surface area contributed by atoms with Crippen LogP contribution in [0.1, 0.15) is 50.5 Å². The number of phenolic OH excluding ortho intramolecular Hbond substituents is 1. The van der Waals surface area contributed by atoms with Crippen LogP contribution in [0, 0.1) is 23.7 Å². The molecule has 2 fully saturated rings. The second kappa shape index (κ2) is 10.2. The molecule has 1 N–H and O–H groups in total. The van der Waals surface area contributed by atoms with Gasteiger partial charge in [0, 0.05) is 10.8 Å². The highest BCUT2D eigenvalue weighted by molar-refractivity contribution is 7.09. The third-order valence-corrected chi connectivity index (χ3v) is 9.00. The number of allylic oxidation sites excluding steroid dienone is 2. The lowest BCUT2D eigenvalue weighted by Gasteiger charge is -2.33. The van der Waals surface area contributed by atoms with Crippen LogP contribution in [-0.4, -0.2) is 34.5 Å². The van der Waals surface area contributed by atoms with Gasteiger partial charge >= 0.3 is 0 Å². The molecule has 3 heterocycles. The van der Waals surface area contributed by atoms with Crippen molar-refractivity contribution in [2.24, 2.45) is 23.7 Å². The van der Waals surface area contributed by atoms with Gasteiger partial charge in [-0.15, -0.1) is 11.3 Å². The van der Waals surface area contributed by atoms with Gasteiger partial charge in [-0.3, -0.25) is 14.5 Å². The number of aromatic hydroxyl groups is 1. The van der Waals surface area contributed by atoms with Gasteiger partial charge in [0.05, 0.1) is 36.1 Å². The molecule has 5 rings (SSSR count). The molecule has 1 aromatic carbocycles. The molecule has 0 bridgehead atoms. The molecular formula is C29H32ClNO4S. The summed E-state index contributed by atoms with van der Waals surface area (Å²) in [5, 5.41) is 12.1. The third kappa shape index (κ3) is 4.67. The van der Waals surface area contributed by atoms with Gasteiger partial charge in [0.1, 0.15) is 5.75 Å². The van der Waals surface area contributed by atoms with E-state index < -0.39 is 0 Å². The highest BCUT2D eigenvalue weighted by Gasteiger charge is 2.57. The Kier molecular flexibility index (Phi) is 7.12. The van der Waals surface area contributed by atoms with Gasteiger partial charge in [-0.25, -0.2) is 0 Å². The van der Waals surface area contributed by atoms with Gasteiger partial charge in [-0.2, -0.15) is 0 Å². The van der Waals surface area contributed by atoms with Crippen molar-refractivity contribution >= 4 is 40.8 Å². The van der Waals surface area contributed by atoms with Crippen LogP contribution in [0.3, 0.4) is 0 Å². The van der Waals surface area contributed by atoms with E-state index in [4.69, 9.17) is 16.3 Å². The zero-order valence-electron chi connectivity index (χ0n) is 20.9. The van der Waals surface area contributed by atoms with E-state index in [2.05, 4.69) is 20.8 Å². The monoisotopic (exact) mass is 525 g/mol. The van der Waals surface area contributed by atoms with Gasteiger partial charge in [-0.05, 0) is 72.9 Å². The fraction of sp³-hybridized carbons (Fsp3) is 0.448. The Morgan fingerprint density at radius 1 is 1.25 bits per heavy atom. The van der Waals surface area contributed by atoms with E-state index in [1.54, 1.807) is 23.5 Å². The molecule has 5 nitrogen and oxygen atoms in total. The molecular weight excluding hydrogens is 494 g/mol. The Morgan fingerprint density at radius 3 is 2.75 bits per heavy atom. The fourth-order valence-electron chi connectivity index (χ4n) is 6.07. The Morgan fingerprint density at radius 2 is 2.06 bits per heavy atom. The van der Waals surface area contributed by atoms with Gasteiger partial charge in [0.25, 0.3) is 0 Å². The third-order valence-electron chi connectivity index (χ3n) is 7.81. The fourth-order valence-corrected chi connectivity index (χ4v) is 6.99. The van der Waals surface area contributed by atoms with E-state index in [0.29, 0.717) is 30.5 Å². The minimum absolute atomic E-state index is 0.0215. The number of amides is 2. The van der Waals surface area contributed by atoms with Crippen molar-refractivity contribution in [1.29, 1.82) is 0 Å². The zero-order valence-corrected chi connectivity index (χ0v) is 22.4. The molecule has 2 aliphatic heterocycles. The number of benzene rings is 1. The topological polar surface area (TPSA) is 66.8 Å². The second-order valence-corrected chi connectivity index (χ2v) is 11.9. The van der Waals surface area contributed by atoms with E-state index in [1.165, 1.54) is 21.6 Å². The number of hydrogen-bond acceptors (Lipinski definition) is 5. The molecule has 0 spiro atoms. The van der Waals surface area contributed by atoms with Crippen molar-refractivity contribution < 1.29 is 19.4 Å². The molecule has 2 aromatic rings. The van der Waals surface area contributed by atoms with Crippen molar-refractivity contribution in [2.45, 2.75) is 52.7 Å². The molecule has 3 aliphatic rings. The maximum atomic E-state index is 13.5. The average molecular weight is 526 g/mol. The predicted molar refractivity (Wildman–Crippen MR) is 143 cm³/mol. The summed E-state index contributed by atoms with van der Waals surface area (Å²) in [5.41, 5.74) is 4.61. The van der Waals surface area contributed by atoms with Gasteiger partial charge in [-0.1, -0.05) is 48.7 Å². The summed E-state index contributed by atoms with van der Waals surface area (Å²) >= 11 is 7.86. The number of thiophene rings is 1. The van der Waals surface area contributed by atoms with E-state index in [-0.39, 0.29) is 41.4 Å². The maximum Gasteiger partial charge on any atom is 0.234 e. The lowest BCUT2D eigenvalue weighted by molar-refractivity contribution is -0.140. The first-order chi connectivity index (χ1) is 17.2. The number of likely N-dealkylation sites (tertiary alicyclic amines) is 1. The highest BCUT2D eigenvalue weighted by atomic mass is 35.5. The average Bonchev–Trinajstić information content (AvgIpc) is 3.55. The maximum absolute atomic E-state index is 13.5. The molecule has 0 unspecified atom stereocenters. The largest absolute Gasteiger partial charge is 0.508 e. The number of nitrogens with zero attached hydrogens (tertiary/aromatic N) is 1. The number of halogens is 1. The van der Waals surface area contributed by atoms with Gasteiger partial charge < -0.3 is 9.84 Å². The first-order valence-corrected chi connectivity index (χ1v) is 13.9. The van der Waals surface area contributed by atoms with Crippen molar-refractivity contribution in [3.05, 3.63) is 67.9 Å². The second-order valence-electron chi connectivity index (χ2n) is 10.5. The summed E-state index contributed by atoms with van der Waals surface area (Å²) < 4.78 is 6.33. The van der Waals surface area contributed by atoms with Gasteiger partial charge in [0.15, 0.2) is 0 Å². The van der Waals surface area contributed by atoms with E-state index in [0.717, 1.165) is 23.3 Å². The summed E-state index contributed by atoms with van der Waals surface area (Å²) in [6.45, 7) is 7.30. The number of ether oxygens (including phenoxy) is 1. The first-order valence-electron chi connectivity index (χ1n) is 12.6. The van der Waals surface area contributed by atoms with Crippen LogP contribution in [0.2, 0.25) is 5.02 Å². The number of hydrogen-bond donors (Lipinski definition) is 1. The van der Waals surface area contributed by atoms with Crippen molar-refractivity contribution in [2.75, 3.05) is 6.61 Å². The Bertz CT molecular complexity index is 1230. The minimum Gasteiger partial charge on any atom is -0.508 e. The Balaban J connectivity index is 1.35. The van der Waals surface area contributed by atoms with Crippen LogP contribution in [0.15, 0.2) is 52.4 Å². The normalized spacial score (nSPS) is 26.2. The van der Waals surface area contributed by atoms with Crippen molar-refractivity contribution in [3.63, 3.8) is 0 Å². The lowest BCUT2D eigenvalue weighted by Crippen LogP contribution is -2.35. The quantitative estimate of drug-likeness (QED) is 0.332. The zero-order chi connectivity index (χ0) is 25.6. The summed E-state index contributed by atoms with van der Waals surface area (Å²) in [4.78, 5) is 29.4. The molecule has 190 valence electrons. The van der Waals surface area contributed by atoms with Crippen LogP contribution in [-0.2, 0) is 20.9 Å². The summed E-state index contributed by atoms with van der Waals surface area (Å²) in [7, 11) is 0. The molecule has 1 aromatic heterocycles. The van der Waals surface area contributed by atoms with Crippen LogP contribution < -0.4 is 0 Å². The van der Waals surface area contributed by atoms with E-state index >= 15 is 0 Å². The molecule has 7 heteroatoms. The Labute approximate surface area is 221 Å². The number of imide groups is 1. The molecule has 36 heavy (non-hydrogen) atoms. The molecule has 2 saturated heterocycles. The van der Waals surface area contributed by atoms with E-state index in [1.807, 2.05) is 29.7 Å². The number of fused-ring (bicyclic) bond motifs is 3. The molecule has 0 radical (unpaired) electrons. The highest BCUT2D eigenvalue weighted by Crippen LogP contribution is 2.51. The van der Waals surface area contributed by atoms with Crippen molar-refractivity contribution in [3.8, 4) is 5.75 Å². The summed E-state index contributed by atoms with van der Waals surface area (Å²) in [5.74, 6) is -0.217. The first kappa shape index (κ1) is 25.2. The SMILES string of the molecule is C/C(=C\c1ccc(O)cc1Cl)CC[C@H]1OC[C@H]2C1=C(C(C)C)C[C@H]1C(=O)N(Cc3cccs3)C(=O)[C@H]12. The number of carbonyl (C=O) groups is 2. The lowest BCUT2D eigenvalue weighted by atomic mass is 9.67. The molecule has 1 aliphatic carbocycles. The smallest absolute Gasteiger partial charge is 0.234 e. The van der Waals surface area contributed by atoms with Crippen molar-refractivity contribution in [1.82, 2.24) is 4.90 Å². The minimum atomic E-state index is -0.313. The summed E-state index contributed by atoms with van der Waals surface area (Å²) in [6, 6.07) is 8.93. The number of rotatable bonds is 7. The van der Waals surface area contributed by atoms with Crippen LogP contribution in [0.25, 0.3) is 6.08 Å². The van der Waals surface area contributed by atoms with Crippen LogP contribution >= 0.6 is 22.9 Å². The number of phenols is 1. The van der Waals surface area contributed by atoms with E-state index in [9.17, 15) is 14.7 Å². The van der Waals surface area contributed by atoms with Crippen LogP contribution in [0.4, 0.5) is 0 Å². The van der Waals surface area contributed by atoms with Gasteiger partial charge in [0.2, 0.25) is 11.8 Å². The molecule has 2 amide bonds. The Hall–Kier alpha value is -2.41. The molecule has 0 saturated carbocycles. The predicted octanol–water partition coefficient (Wildman–Crippen LogP) is 6.46. The standard InChI is InChI=1S/C29H32ClNO4S/c1-16(2)21-13-22-27(29(34)31(28(22)33)14-20-5-4-10-36-20)23-15-35-25(26(21)23)9-6-17(3)11-18-7-8-19(32)12-24(18)30/h4-5,7-8,10-12,16,22-23,25,27,32H,6,9,13-15H2,1-3H3/b17-11+/t22-,23+,25-,27-/m1/s1. The number of carbonyl (C=O) groups excluding carboxylic acids is 2. The molecule has 4 atom stereocenters.